The summed E-state index contributed by atoms with van der Waals surface area (Å²) in [7, 11) is 0. The SMILES string of the molecule is CCCCCCCCCCCCCC(C)(C)c1ncn[nH]1. The molecule has 21 heavy (non-hydrogen) atoms. The predicted molar refractivity (Wildman–Crippen MR) is 90.5 cm³/mol. The molecule has 0 atom stereocenters. The van der Waals surface area contributed by atoms with Crippen LogP contribution in [0.5, 0.6) is 0 Å². The van der Waals surface area contributed by atoms with Crippen LogP contribution in [0.2, 0.25) is 0 Å². The molecule has 0 unspecified atom stereocenters. The van der Waals surface area contributed by atoms with Gasteiger partial charge in [0, 0.05) is 5.41 Å². The van der Waals surface area contributed by atoms with Gasteiger partial charge < -0.3 is 0 Å². The van der Waals surface area contributed by atoms with Crippen LogP contribution in [0.25, 0.3) is 0 Å². The second-order valence-electron chi connectivity index (χ2n) is 7.00. The van der Waals surface area contributed by atoms with Gasteiger partial charge in [0.05, 0.1) is 0 Å². The fraction of sp³-hybridized carbons (Fsp3) is 0.889. The van der Waals surface area contributed by atoms with Gasteiger partial charge in [-0.25, -0.2) is 4.98 Å². The zero-order chi connectivity index (χ0) is 15.4. The minimum absolute atomic E-state index is 0.135. The van der Waals surface area contributed by atoms with E-state index in [0.29, 0.717) is 0 Å². The number of hydrogen-bond acceptors (Lipinski definition) is 2. The summed E-state index contributed by atoms with van der Waals surface area (Å²) >= 11 is 0. The molecule has 0 amide bonds. The highest BCUT2D eigenvalue weighted by molar-refractivity contribution is 5.00. The summed E-state index contributed by atoms with van der Waals surface area (Å²) in [4.78, 5) is 4.29. The number of unbranched alkanes of at least 4 members (excludes halogenated alkanes) is 10. The first-order valence-electron chi connectivity index (χ1n) is 9.02. The van der Waals surface area contributed by atoms with Gasteiger partial charge in [-0.2, -0.15) is 5.10 Å². The number of aromatic amines is 1. The average molecular weight is 293 g/mol. The van der Waals surface area contributed by atoms with E-state index in [-0.39, 0.29) is 5.41 Å². The van der Waals surface area contributed by atoms with Gasteiger partial charge in [0.2, 0.25) is 0 Å². The van der Waals surface area contributed by atoms with E-state index in [9.17, 15) is 0 Å². The topological polar surface area (TPSA) is 41.6 Å². The molecule has 0 radical (unpaired) electrons. The lowest BCUT2D eigenvalue weighted by Gasteiger charge is -2.21. The third-order valence-corrected chi connectivity index (χ3v) is 4.46. The highest BCUT2D eigenvalue weighted by Gasteiger charge is 2.22. The van der Waals surface area contributed by atoms with E-state index in [1.54, 1.807) is 6.33 Å². The van der Waals surface area contributed by atoms with Crippen LogP contribution in [0.15, 0.2) is 6.33 Å². The zero-order valence-electron chi connectivity index (χ0n) is 14.5. The van der Waals surface area contributed by atoms with E-state index >= 15 is 0 Å². The van der Waals surface area contributed by atoms with Crippen molar-refractivity contribution >= 4 is 0 Å². The number of nitrogens with one attached hydrogen (secondary N) is 1. The second-order valence-corrected chi connectivity index (χ2v) is 7.00. The third-order valence-electron chi connectivity index (χ3n) is 4.46. The monoisotopic (exact) mass is 293 g/mol. The van der Waals surface area contributed by atoms with Crippen molar-refractivity contribution in [1.29, 1.82) is 0 Å². The number of nitrogens with zero attached hydrogens (tertiary/aromatic N) is 2. The lowest BCUT2D eigenvalue weighted by Crippen LogP contribution is -2.19. The minimum Gasteiger partial charge on any atom is -0.263 e. The molecule has 1 heterocycles. The van der Waals surface area contributed by atoms with Crippen molar-refractivity contribution in [2.75, 3.05) is 0 Å². The molecule has 3 nitrogen and oxygen atoms in total. The van der Waals surface area contributed by atoms with Crippen LogP contribution in [0.4, 0.5) is 0 Å². The summed E-state index contributed by atoms with van der Waals surface area (Å²) in [6.07, 6.45) is 18.2. The molecule has 0 bridgehead atoms. The Morgan fingerprint density at radius 1 is 0.857 bits per heavy atom. The third kappa shape index (κ3) is 8.23. The van der Waals surface area contributed by atoms with Crippen LogP contribution >= 0.6 is 0 Å². The Kier molecular flexibility index (Phi) is 9.36. The van der Waals surface area contributed by atoms with Crippen molar-refractivity contribution in [2.24, 2.45) is 0 Å². The lowest BCUT2D eigenvalue weighted by molar-refractivity contribution is 0.420. The lowest BCUT2D eigenvalue weighted by atomic mass is 9.86. The summed E-state index contributed by atoms with van der Waals surface area (Å²) < 4.78 is 0. The van der Waals surface area contributed by atoms with E-state index in [2.05, 4.69) is 36.0 Å². The van der Waals surface area contributed by atoms with Gasteiger partial charge >= 0.3 is 0 Å². The molecule has 3 heteroatoms. The van der Waals surface area contributed by atoms with E-state index in [4.69, 9.17) is 0 Å². The molecular formula is C18H35N3. The van der Waals surface area contributed by atoms with Crippen molar-refractivity contribution in [1.82, 2.24) is 15.2 Å². The molecule has 0 aromatic carbocycles. The Balaban J connectivity index is 1.91. The van der Waals surface area contributed by atoms with Crippen LogP contribution in [0.1, 0.15) is 104 Å². The van der Waals surface area contributed by atoms with Crippen molar-refractivity contribution in [3.8, 4) is 0 Å². The number of H-pyrrole nitrogens is 1. The quantitative estimate of drug-likeness (QED) is 0.468. The van der Waals surface area contributed by atoms with Crippen LogP contribution < -0.4 is 0 Å². The number of rotatable bonds is 13. The Bertz CT molecular complexity index is 330. The molecule has 0 spiro atoms. The number of hydrogen-bond donors (Lipinski definition) is 1. The summed E-state index contributed by atoms with van der Waals surface area (Å²) in [5.74, 6) is 1.02. The first kappa shape index (κ1) is 18.2. The molecule has 0 saturated carbocycles. The standard InChI is InChI=1S/C18H35N3/c1-4-5-6-7-8-9-10-11-12-13-14-15-18(2,3)17-19-16-20-21-17/h16H,4-15H2,1-3H3,(H,19,20,21). The fourth-order valence-corrected chi connectivity index (χ4v) is 2.88. The van der Waals surface area contributed by atoms with Gasteiger partial charge in [0.1, 0.15) is 12.2 Å². The van der Waals surface area contributed by atoms with Crippen LogP contribution in [0, 0.1) is 0 Å². The smallest absolute Gasteiger partial charge is 0.137 e. The van der Waals surface area contributed by atoms with Crippen molar-refractivity contribution in [2.45, 2.75) is 103 Å². The Morgan fingerprint density at radius 3 is 1.86 bits per heavy atom. The Labute approximate surface area is 131 Å². The van der Waals surface area contributed by atoms with Crippen LogP contribution in [-0.4, -0.2) is 15.2 Å². The molecule has 0 aliphatic rings. The largest absolute Gasteiger partial charge is 0.263 e. The van der Waals surface area contributed by atoms with Crippen LogP contribution in [-0.2, 0) is 5.41 Å². The summed E-state index contributed by atoms with van der Waals surface area (Å²) in [6, 6.07) is 0. The summed E-state index contributed by atoms with van der Waals surface area (Å²) in [5.41, 5.74) is 0.135. The highest BCUT2D eigenvalue weighted by Crippen LogP contribution is 2.26. The maximum Gasteiger partial charge on any atom is 0.137 e. The molecule has 0 aliphatic carbocycles. The predicted octanol–water partition coefficient (Wildman–Crippen LogP) is 5.78. The molecule has 1 N–H and O–H groups in total. The molecule has 1 rings (SSSR count). The van der Waals surface area contributed by atoms with Crippen molar-refractivity contribution in [3.05, 3.63) is 12.2 Å². The van der Waals surface area contributed by atoms with Gasteiger partial charge in [-0.1, -0.05) is 91.4 Å². The highest BCUT2D eigenvalue weighted by atomic mass is 15.2. The molecule has 1 aromatic rings. The van der Waals surface area contributed by atoms with Gasteiger partial charge in [0.25, 0.3) is 0 Å². The first-order valence-corrected chi connectivity index (χ1v) is 9.02. The average Bonchev–Trinajstić information content (AvgIpc) is 3.00. The maximum atomic E-state index is 4.29. The molecule has 0 saturated heterocycles. The second kappa shape index (κ2) is 10.8. The van der Waals surface area contributed by atoms with E-state index in [0.717, 1.165) is 5.82 Å². The van der Waals surface area contributed by atoms with Gasteiger partial charge in [-0.3, -0.25) is 5.10 Å². The first-order chi connectivity index (χ1) is 10.2. The zero-order valence-corrected chi connectivity index (χ0v) is 14.5. The molecule has 0 aliphatic heterocycles. The van der Waals surface area contributed by atoms with Gasteiger partial charge in [-0.15, -0.1) is 0 Å². The van der Waals surface area contributed by atoms with E-state index in [1.165, 1.54) is 77.0 Å². The molecule has 1 aromatic heterocycles. The van der Waals surface area contributed by atoms with Gasteiger partial charge in [-0.05, 0) is 6.42 Å². The molecular weight excluding hydrogens is 258 g/mol. The van der Waals surface area contributed by atoms with E-state index < -0.39 is 0 Å². The molecule has 122 valence electrons. The minimum atomic E-state index is 0.135. The van der Waals surface area contributed by atoms with E-state index in [1.807, 2.05) is 0 Å². The normalized spacial score (nSPS) is 12.0. The van der Waals surface area contributed by atoms with Crippen molar-refractivity contribution in [3.63, 3.8) is 0 Å². The van der Waals surface area contributed by atoms with Crippen molar-refractivity contribution < 1.29 is 0 Å². The van der Waals surface area contributed by atoms with Gasteiger partial charge in [0.15, 0.2) is 0 Å². The maximum absolute atomic E-state index is 4.29. The van der Waals surface area contributed by atoms with Crippen LogP contribution in [0.3, 0.4) is 0 Å². The fourth-order valence-electron chi connectivity index (χ4n) is 2.88. The Morgan fingerprint density at radius 2 is 1.38 bits per heavy atom. The molecule has 0 fully saturated rings. The summed E-state index contributed by atoms with van der Waals surface area (Å²) in [6.45, 7) is 6.79. The number of aromatic nitrogens is 3. The Hall–Kier alpha value is -0.860. The summed E-state index contributed by atoms with van der Waals surface area (Å²) in [5, 5.41) is 6.96.